The van der Waals surface area contributed by atoms with Crippen molar-refractivity contribution in [1.82, 2.24) is 10.6 Å². The van der Waals surface area contributed by atoms with E-state index in [0.717, 1.165) is 33.7 Å². The zero-order valence-corrected chi connectivity index (χ0v) is 26.2. The molecule has 0 saturated carbocycles. The molecule has 8 rings (SSSR count). The lowest BCUT2D eigenvalue weighted by molar-refractivity contribution is 0.409. The number of nitriles is 1. The van der Waals surface area contributed by atoms with Gasteiger partial charge in [0.2, 0.25) is 0 Å². The molecule has 7 aromatic carbocycles. The molecule has 2 unspecified atom stereocenters. The van der Waals surface area contributed by atoms with E-state index in [4.69, 9.17) is 10.3 Å². The molecule has 0 amide bonds. The lowest BCUT2D eigenvalue weighted by atomic mass is 9.91. The molecule has 0 aromatic heterocycles. The third-order valence-electron chi connectivity index (χ3n) is 9.05. The van der Waals surface area contributed by atoms with Crippen molar-refractivity contribution in [1.29, 1.82) is 5.26 Å². The van der Waals surface area contributed by atoms with Crippen LogP contribution in [0.4, 0.5) is 0 Å². The Bertz CT molecular complexity index is 2270. The summed E-state index contributed by atoms with van der Waals surface area (Å²) in [6, 6.07) is 61.3. The Hall–Kier alpha value is -6.28. The van der Waals surface area contributed by atoms with E-state index in [2.05, 4.69) is 138 Å². The number of aliphatic imine (C=N–C) groups is 1. The Balaban J connectivity index is 1.09. The monoisotopic (exact) mass is 616 g/mol. The number of nitrogens with one attached hydrogen (secondary N) is 2. The predicted octanol–water partition coefficient (Wildman–Crippen LogP) is 10.0. The van der Waals surface area contributed by atoms with Crippen molar-refractivity contribution in [2.75, 3.05) is 0 Å². The molecule has 2 atom stereocenters. The fourth-order valence-corrected chi connectivity index (χ4v) is 6.52. The highest BCUT2D eigenvalue weighted by Crippen LogP contribution is 2.37. The molecule has 0 aliphatic carbocycles. The maximum absolute atomic E-state index is 9.14. The van der Waals surface area contributed by atoms with Gasteiger partial charge >= 0.3 is 0 Å². The smallest absolute Gasteiger partial charge is 0.131 e. The van der Waals surface area contributed by atoms with Crippen molar-refractivity contribution in [3.63, 3.8) is 0 Å². The first-order valence-electron chi connectivity index (χ1n) is 16.2. The molecular weight excluding hydrogens is 585 g/mol. The first-order chi connectivity index (χ1) is 23.7. The summed E-state index contributed by atoms with van der Waals surface area (Å²) in [7, 11) is 0. The minimum absolute atomic E-state index is 0.108. The van der Waals surface area contributed by atoms with Gasteiger partial charge in [-0.2, -0.15) is 5.26 Å². The van der Waals surface area contributed by atoms with Gasteiger partial charge in [0.25, 0.3) is 0 Å². The molecule has 0 fully saturated rings. The van der Waals surface area contributed by atoms with Crippen LogP contribution in [-0.2, 0) is 0 Å². The molecule has 0 saturated heterocycles. The van der Waals surface area contributed by atoms with Crippen LogP contribution in [0, 0.1) is 11.3 Å². The van der Waals surface area contributed by atoms with Crippen molar-refractivity contribution < 1.29 is 0 Å². The van der Waals surface area contributed by atoms with E-state index in [9.17, 15) is 0 Å². The van der Waals surface area contributed by atoms with Gasteiger partial charge in [0, 0.05) is 5.56 Å². The summed E-state index contributed by atoms with van der Waals surface area (Å²) < 4.78 is 0. The van der Waals surface area contributed by atoms with E-state index in [1.165, 1.54) is 33.0 Å². The van der Waals surface area contributed by atoms with E-state index in [1.807, 2.05) is 48.5 Å². The summed E-state index contributed by atoms with van der Waals surface area (Å²) in [4.78, 5) is 5.04. The first-order valence-corrected chi connectivity index (χ1v) is 16.2. The second-order valence-electron chi connectivity index (χ2n) is 12.0. The second kappa shape index (κ2) is 12.8. The van der Waals surface area contributed by atoms with Crippen molar-refractivity contribution in [2.45, 2.75) is 12.3 Å². The molecule has 7 aromatic rings. The predicted molar refractivity (Wildman–Crippen MR) is 196 cm³/mol. The van der Waals surface area contributed by atoms with Gasteiger partial charge in [0.15, 0.2) is 0 Å². The molecule has 0 bridgehead atoms. The maximum Gasteiger partial charge on any atom is 0.131 e. The molecule has 48 heavy (non-hydrogen) atoms. The summed E-state index contributed by atoms with van der Waals surface area (Å²) in [5, 5.41) is 18.9. The molecule has 4 nitrogen and oxygen atoms in total. The van der Waals surface area contributed by atoms with E-state index in [0.29, 0.717) is 5.56 Å². The van der Waals surface area contributed by atoms with Crippen LogP contribution >= 0.6 is 0 Å². The molecule has 1 heterocycles. The Labute approximate surface area is 280 Å². The van der Waals surface area contributed by atoms with Crippen LogP contribution < -0.4 is 10.6 Å². The molecule has 2 N–H and O–H groups in total. The Kier molecular flexibility index (Phi) is 7.80. The number of amidine groups is 1. The highest BCUT2D eigenvalue weighted by atomic mass is 15.3. The van der Waals surface area contributed by atoms with Crippen LogP contribution in [0.3, 0.4) is 0 Å². The summed E-state index contributed by atoms with van der Waals surface area (Å²) in [6.07, 6.45) is -0.273. The summed E-state index contributed by atoms with van der Waals surface area (Å²) in [6.45, 7) is 0. The van der Waals surface area contributed by atoms with Crippen LogP contribution in [0.15, 0.2) is 175 Å². The maximum atomic E-state index is 9.14. The average molecular weight is 617 g/mol. The summed E-state index contributed by atoms with van der Waals surface area (Å²) >= 11 is 0. The normalized spacial score (nSPS) is 15.7. The lowest BCUT2D eigenvalue weighted by Gasteiger charge is -2.32. The standard InChI is InChI=1S/C44H32N4/c45-29-30-15-17-31(18-16-30)32-19-21-33(22-20-32)38-27-28-39(41-14-8-7-13-40(38)41)34-23-25-37(26-24-34)44-47-42(35-9-3-1-4-10-35)46-43(48-44)36-11-5-2-6-12-36/h1-28,42,44,47H,(H,46,48). The van der Waals surface area contributed by atoms with Crippen molar-refractivity contribution in [2.24, 2.45) is 4.99 Å². The minimum Gasteiger partial charge on any atom is -0.350 e. The van der Waals surface area contributed by atoms with Crippen LogP contribution in [0.1, 0.15) is 34.6 Å². The van der Waals surface area contributed by atoms with Gasteiger partial charge in [0.05, 0.1) is 11.6 Å². The van der Waals surface area contributed by atoms with E-state index in [1.54, 1.807) is 0 Å². The molecule has 0 radical (unpaired) electrons. The van der Waals surface area contributed by atoms with Gasteiger partial charge in [-0.3, -0.25) is 5.32 Å². The second-order valence-corrected chi connectivity index (χ2v) is 12.0. The van der Waals surface area contributed by atoms with Crippen LogP contribution in [0.5, 0.6) is 0 Å². The van der Waals surface area contributed by atoms with Gasteiger partial charge in [-0.15, -0.1) is 0 Å². The van der Waals surface area contributed by atoms with E-state index >= 15 is 0 Å². The summed E-state index contributed by atoms with van der Waals surface area (Å²) in [5.41, 5.74) is 11.0. The number of rotatable bonds is 6. The number of hydrogen-bond acceptors (Lipinski definition) is 4. The average Bonchev–Trinajstić information content (AvgIpc) is 3.18. The zero-order chi connectivity index (χ0) is 32.3. The van der Waals surface area contributed by atoms with Gasteiger partial charge in [0.1, 0.15) is 18.2 Å². The van der Waals surface area contributed by atoms with Crippen LogP contribution in [-0.4, -0.2) is 5.84 Å². The number of hydrogen-bond donors (Lipinski definition) is 2. The Morgan fingerprint density at radius 2 is 0.958 bits per heavy atom. The number of nitrogens with zero attached hydrogens (tertiary/aromatic N) is 2. The van der Waals surface area contributed by atoms with Crippen molar-refractivity contribution in [3.8, 4) is 39.4 Å². The molecule has 1 aliphatic heterocycles. The third-order valence-corrected chi connectivity index (χ3v) is 9.05. The largest absolute Gasteiger partial charge is 0.350 e. The lowest BCUT2D eigenvalue weighted by Crippen LogP contribution is -2.44. The molecule has 228 valence electrons. The Morgan fingerprint density at radius 1 is 0.458 bits per heavy atom. The molecular formula is C44H32N4. The third kappa shape index (κ3) is 5.76. The summed E-state index contributed by atoms with van der Waals surface area (Å²) in [5.74, 6) is 0.879. The van der Waals surface area contributed by atoms with Gasteiger partial charge in [-0.25, -0.2) is 4.99 Å². The highest BCUT2D eigenvalue weighted by molar-refractivity contribution is 6.05. The quantitative estimate of drug-likeness (QED) is 0.195. The van der Waals surface area contributed by atoms with E-state index < -0.39 is 0 Å². The van der Waals surface area contributed by atoms with Gasteiger partial charge in [-0.1, -0.05) is 158 Å². The van der Waals surface area contributed by atoms with Gasteiger partial charge < -0.3 is 5.32 Å². The molecule has 1 aliphatic rings. The highest BCUT2D eigenvalue weighted by Gasteiger charge is 2.25. The topological polar surface area (TPSA) is 60.2 Å². The number of benzene rings is 7. The molecule has 4 heteroatoms. The molecule has 0 spiro atoms. The number of fused-ring (bicyclic) bond motifs is 1. The zero-order valence-electron chi connectivity index (χ0n) is 26.2. The fraction of sp³-hybridized carbons (Fsp3) is 0.0455. The SMILES string of the molecule is N#Cc1ccc(-c2ccc(-c3ccc(-c4ccc(C5NC(c6ccccc6)=NC(c6ccccc6)N5)cc4)c4ccccc34)cc2)cc1. The van der Waals surface area contributed by atoms with Crippen LogP contribution in [0.2, 0.25) is 0 Å². The minimum atomic E-state index is -0.165. The van der Waals surface area contributed by atoms with Crippen molar-refractivity contribution >= 4 is 16.6 Å². The fourth-order valence-electron chi connectivity index (χ4n) is 6.52. The first kappa shape index (κ1) is 29.1. The van der Waals surface area contributed by atoms with Gasteiger partial charge in [-0.05, 0) is 67.4 Å². The van der Waals surface area contributed by atoms with E-state index in [-0.39, 0.29) is 12.3 Å². The van der Waals surface area contributed by atoms with Crippen molar-refractivity contribution in [3.05, 3.63) is 192 Å². The Morgan fingerprint density at radius 3 is 1.54 bits per heavy atom. The van der Waals surface area contributed by atoms with Crippen LogP contribution in [0.25, 0.3) is 44.2 Å².